The number of amides is 1. The zero-order valence-corrected chi connectivity index (χ0v) is 10.7. The van der Waals surface area contributed by atoms with Crippen LogP contribution in [0.15, 0.2) is 34.5 Å². The van der Waals surface area contributed by atoms with Gasteiger partial charge in [0.1, 0.15) is 5.69 Å². The number of rotatable bonds is 1. The molecule has 0 N–H and O–H groups in total. The Morgan fingerprint density at radius 1 is 1.50 bits per heavy atom. The molecule has 0 saturated heterocycles. The summed E-state index contributed by atoms with van der Waals surface area (Å²) >= 11 is 3.30. The summed E-state index contributed by atoms with van der Waals surface area (Å²) in [6.07, 6.45) is 4.77. The minimum absolute atomic E-state index is 0.0138. The molecule has 0 atom stereocenters. The summed E-state index contributed by atoms with van der Waals surface area (Å²) < 4.78 is 0.888. The Kier molecular flexibility index (Phi) is 3.39. The monoisotopic (exact) mass is 280 g/mol. The maximum atomic E-state index is 12.1. The topological polar surface area (TPSA) is 33.2 Å². The molecule has 0 fully saturated rings. The van der Waals surface area contributed by atoms with E-state index in [0.717, 1.165) is 24.0 Å². The van der Waals surface area contributed by atoms with Gasteiger partial charge in [0, 0.05) is 23.8 Å². The van der Waals surface area contributed by atoms with Crippen LogP contribution in [-0.4, -0.2) is 28.9 Å². The van der Waals surface area contributed by atoms with E-state index < -0.39 is 0 Å². The van der Waals surface area contributed by atoms with Crippen molar-refractivity contribution in [3.8, 4) is 0 Å². The van der Waals surface area contributed by atoms with Gasteiger partial charge < -0.3 is 4.90 Å². The van der Waals surface area contributed by atoms with Gasteiger partial charge in [-0.2, -0.15) is 0 Å². The molecule has 1 aromatic rings. The van der Waals surface area contributed by atoms with Gasteiger partial charge in [0.25, 0.3) is 5.91 Å². The second kappa shape index (κ2) is 4.78. The molecule has 4 heteroatoms. The van der Waals surface area contributed by atoms with E-state index in [1.54, 1.807) is 12.3 Å². The van der Waals surface area contributed by atoms with Crippen molar-refractivity contribution in [1.29, 1.82) is 0 Å². The second-order valence-corrected chi connectivity index (χ2v) is 4.84. The van der Waals surface area contributed by atoms with Gasteiger partial charge in [-0.1, -0.05) is 11.6 Å². The summed E-state index contributed by atoms with van der Waals surface area (Å²) in [6, 6.07) is 3.59. The molecule has 84 valence electrons. The first-order chi connectivity index (χ1) is 7.66. The van der Waals surface area contributed by atoms with Crippen LogP contribution in [0.3, 0.4) is 0 Å². The number of hydrogen-bond donors (Lipinski definition) is 0. The number of pyridine rings is 1. The quantitative estimate of drug-likeness (QED) is 0.741. The van der Waals surface area contributed by atoms with Crippen molar-refractivity contribution in [2.45, 2.75) is 13.3 Å². The highest BCUT2D eigenvalue weighted by atomic mass is 79.9. The van der Waals surface area contributed by atoms with Gasteiger partial charge in [-0.05, 0) is 41.4 Å². The molecule has 3 nitrogen and oxygen atoms in total. The van der Waals surface area contributed by atoms with Crippen LogP contribution in [0.2, 0.25) is 0 Å². The fourth-order valence-electron chi connectivity index (χ4n) is 1.75. The molecule has 2 rings (SSSR count). The first-order valence-corrected chi connectivity index (χ1v) is 6.02. The molecule has 0 bridgehead atoms. The lowest BCUT2D eigenvalue weighted by molar-refractivity contribution is 0.0760. The summed E-state index contributed by atoms with van der Waals surface area (Å²) in [5.74, 6) is 0.0138. The van der Waals surface area contributed by atoms with Crippen molar-refractivity contribution in [3.63, 3.8) is 0 Å². The van der Waals surface area contributed by atoms with Crippen molar-refractivity contribution >= 4 is 21.8 Å². The molecule has 1 amide bonds. The van der Waals surface area contributed by atoms with Gasteiger partial charge >= 0.3 is 0 Å². The van der Waals surface area contributed by atoms with Gasteiger partial charge in [-0.3, -0.25) is 4.79 Å². The van der Waals surface area contributed by atoms with Gasteiger partial charge in [-0.15, -0.1) is 0 Å². The van der Waals surface area contributed by atoms with Crippen molar-refractivity contribution in [2.75, 3.05) is 13.1 Å². The molecular weight excluding hydrogens is 268 g/mol. The fraction of sp³-hybridized carbons (Fsp3) is 0.333. The van der Waals surface area contributed by atoms with Crippen molar-refractivity contribution in [2.24, 2.45) is 0 Å². The van der Waals surface area contributed by atoms with Crippen LogP contribution < -0.4 is 0 Å². The molecule has 0 radical (unpaired) electrons. The molecule has 0 saturated carbocycles. The molecule has 0 aliphatic carbocycles. The van der Waals surface area contributed by atoms with Crippen LogP contribution >= 0.6 is 15.9 Å². The lowest BCUT2D eigenvalue weighted by Crippen LogP contribution is -2.35. The first kappa shape index (κ1) is 11.3. The van der Waals surface area contributed by atoms with Crippen molar-refractivity contribution in [1.82, 2.24) is 9.88 Å². The fourth-order valence-corrected chi connectivity index (χ4v) is 1.98. The van der Waals surface area contributed by atoms with Gasteiger partial charge in [0.15, 0.2) is 0 Å². The van der Waals surface area contributed by atoms with E-state index in [0.29, 0.717) is 5.69 Å². The van der Waals surface area contributed by atoms with Gasteiger partial charge in [0.05, 0.1) is 0 Å². The zero-order valence-electron chi connectivity index (χ0n) is 9.11. The second-order valence-electron chi connectivity index (χ2n) is 3.93. The minimum atomic E-state index is 0.0138. The predicted octanol–water partition coefficient (Wildman–Crippen LogP) is 2.64. The van der Waals surface area contributed by atoms with Gasteiger partial charge in [0.2, 0.25) is 0 Å². The molecular formula is C12H13BrN2O. The number of carbonyl (C=O) groups excluding carboxylic acids is 1. The number of halogens is 1. The Morgan fingerprint density at radius 3 is 2.94 bits per heavy atom. The summed E-state index contributed by atoms with van der Waals surface area (Å²) in [4.78, 5) is 18.0. The van der Waals surface area contributed by atoms with Crippen LogP contribution in [-0.2, 0) is 0 Å². The summed E-state index contributed by atoms with van der Waals surface area (Å²) in [5, 5.41) is 0. The smallest absolute Gasteiger partial charge is 0.272 e. The molecule has 1 aliphatic rings. The lowest BCUT2D eigenvalue weighted by Gasteiger charge is -2.25. The average Bonchev–Trinajstić information content (AvgIpc) is 2.29. The Bertz CT molecular complexity index is 425. The standard InChI is InChI=1S/C12H13BrN2O/c1-9-3-2-6-15(8-9)12(16)11-5-4-10(13)7-14-11/h3-5,7H,2,6,8H2,1H3. The molecule has 0 aromatic carbocycles. The highest BCUT2D eigenvalue weighted by molar-refractivity contribution is 9.10. The van der Waals surface area contributed by atoms with E-state index in [2.05, 4.69) is 33.9 Å². The third-order valence-corrected chi connectivity index (χ3v) is 3.03. The van der Waals surface area contributed by atoms with E-state index in [-0.39, 0.29) is 5.91 Å². The molecule has 2 heterocycles. The molecule has 0 spiro atoms. The normalized spacial score (nSPS) is 15.9. The SMILES string of the molecule is CC1=CCCN(C(=O)c2ccc(Br)cn2)C1. The lowest BCUT2D eigenvalue weighted by atomic mass is 10.1. The van der Waals surface area contributed by atoms with E-state index in [1.807, 2.05) is 11.0 Å². The average molecular weight is 281 g/mol. The van der Waals surface area contributed by atoms with E-state index in [9.17, 15) is 4.79 Å². The Hall–Kier alpha value is -1.16. The largest absolute Gasteiger partial charge is 0.333 e. The first-order valence-electron chi connectivity index (χ1n) is 5.23. The van der Waals surface area contributed by atoms with Crippen molar-refractivity contribution in [3.05, 3.63) is 40.1 Å². The predicted molar refractivity (Wildman–Crippen MR) is 66.2 cm³/mol. The summed E-state index contributed by atoms with van der Waals surface area (Å²) in [7, 11) is 0. The van der Waals surface area contributed by atoms with Crippen LogP contribution in [0.1, 0.15) is 23.8 Å². The van der Waals surface area contributed by atoms with E-state index >= 15 is 0 Å². The number of hydrogen-bond acceptors (Lipinski definition) is 2. The minimum Gasteiger partial charge on any atom is -0.333 e. The number of aromatic nitrogens is 1. The Labute approximate surface area is 103 Å². The Balaban J connectivity index is 2.13. The maximum absolute atomic E-state index is 12.1. The van der Waals surface area contributed by atoms with E-state index in [4.69, 9.17) is 0 Å². The van der Waals surface area contributed by atoms with Crippen LogP contribution in [0.5, 0.6) is 0 Å². The maximum Gasteiger partial charge on any atom is 0.272 e. The summed E-state index contributed by atoms with van der Waals surface area (Å²) in [5.41, 5.74) is 1.76. The van der Waals surface area contributed by atoms with Crippen LogP contribution in [0, 0.1) is 0 Å². The Morgan fingerprint density at radius 2 is 2.31 bits per heavy atom. The number of carbonyl (C=O) groups is 1. The third kappa shape index (κ3) is 2.50. The summed E-state index contributed by atoms with van der Waals surface area (Å²) in [6.45, 7) is 3.55. The molecule has 1 aliphatic heterocycles. The van der Waals surface area contributed by atoms with E-state index in [1.165, 1.54) is 5.57 Å². The zero-order chi connectivity index (χ0) is 11.5. The van der Waals surface area contributed by atoms with Gasteiger partial charge in [-0.25, -0.2) is 4.98 Å². The van der Waals surface area contributed by atoms with Crippen molar-refractivity contribution < 1.29 is 4.79 Å². The molecule has 1 aromatic heterocycles. The molecule has 0 unspecified atom stereocenters. The highest BCUT2D eigenvalue weighted by Crippen LogP contribution is 2.13. The highest BCUT2D eigenvalue weighted by Gasteiger charge is 2.18. The third-order valence-electron chi connectivity index (χ3n) is 2.57. The number of nitrogens with zero attached hydrogens (tertiary/aromatic N) is 2. The molecule has 16 heavy (non-hydrogen) atoms. The van der Waals surface area contributed by atoms with Crippen LogP contribution in [0.4, 0.5) is 0 Å². The van der Waals surface area contributed by atoms with Crippen LogP contribution in [0.25, 0.3) is 0 Å².